The number of nitrogens with one attached hydrogen (secondary N) is 1. The van der Waals surface area contributed by atoms with Crippen molar-refractivity contribution in [2.75, 3.05) is 18.2 Å². The van der Waals surface area contributed by atoms with E-state index < -0.39 is 0 Å². The van der Waals surface area contributed by atoms with Gasteiger partial charge >= 0.3 is 0 Å². The Kier molecular flexibility index (Phi) is 4.36. The summed E-state index contributed by atoms with van der Waals surface area (Å²) in [6.07, 6.45) is 1.61. The van der Waals surface area contributed by atoms with Gasteiger partial charge in [-0.05, 0) is 12.1 Å². The highest BCUT2D eigenvalue weighted by atomic mass is 16.5. The normalized spacial score (nSPS) is 9.90. The summed E-state index contributed by atoms with van der Waals surface area (Å²) in [6.45, 7) is 0.331. The highest BCUT2D eigenvalue weighted by Crippen LogP contribution is 2.26. The number of hydrogen-bond donors (Lipinski definition) is 2. The lowest BCUT2D eigenvalue weighted by atomic mass is 10.2. The van der Waals surface area contributed by atoms with Crippen molar-refractivity contribution in [1.29, 1.82) is 5.26 Å². The van der Waals surface area contributed by atoms with Crippen LogP contribution in [0.2, 0.25) is 0 Å². The molecule has 1 aromatic heterocycles. The summed E-state index contributed by atoms with van der Waals surface area (Å²) in [7, 11) is 1.50. The van der Waals surface area contributed by atoms with E-state index in [0.29, 0.717) is 23.7 Å². The van der Waals surface area contributed by atoms with Crippen molar-refractivity contribution in [2.24, 2.45) is 0 Å². The molecule has 1 amide bonds. The van der Waals surface area contributed by atoms with Gasteiger partial charge in [-0.3, -0.25) is 9.48 Å². The molecule has 0 aliphatic heterocycles. The molecule has 0 aliphatic carbocycles. The van der Waals surface area contributed by atoms with E-state index in [1.165, 1.54) is 18.1 Å². The fourth-order valence-electron chi connectivity index (χ4n) is 1.69. The zero-order valence-corrected chi connectivity index (χ0v) is 11.4. The number of benzene rings is 1. The van der Waals surface area contributed by atoms with Gasteiger partial charge < -0.3 is 15.8 Å². The Balaban J connectivity index is 1.94. The number of amides is 1. The second-order valence-electron chi connectivity index (χ2n) is 4.20. The van der Waals surface area contributed by atoms with Crippen LogP contribution in [0.25, 0.3) is 0 Å². The predicted molar refractivity (Wildman–Crippen MR) is 75.4 cm³/mol. The molecule has 0 saturated heterocycles. The van der Waals surface area contributed by atoms with E-state index in [0.717, 1.165) is 0 Å². The van der Waals surface area contributed by atoms with E-state index in [1.807, 2.05) is 6.07 Å². The fourth-order valence-corrected chi connectivity index (χ4v) is 1.69. The van der Waals surface area contributed by atoms with E-state index >= 15 is 0 Å². The summed E-state index contributed by atoms with van der Waals surface area (Å²) < 4.78 is 6.59. The van der Waals surface area contributed by atoms with Crippen molar-refractivity contribution in [3.05, 3.63) is 30.4 Å². The Bertz CT molecular complexity index is 688. The summed E-state index contributed by atoms with van der Waals surface area (Å²) in [5, 5.41) is 15.2. The van der Waals surface area contributed by atoms with E-state index in [9.17, 15) is 4.79 Å². The number of nitrogen functional groups attached to an aromatic ring is 1. The average Bonchev–Trinajstić information content (AvgIpc) is 2.95. The smallest absolute Gasteiger partial charge is 0.252 e. The van der Waals surface area contributed by atoms with Crippen molar-refractivity contribution in [1.82, 2.24) is 14.8 Å². The molecule has 2 rings (SSSR count). The molecular weight excluding hydrogens is 272 g/mol. The van der Waals surface area contributed by atoms with Crippen LogP contribution < -0.4 is 15.8 Å². The van der Waals surface area contributed by atoms with Gasteiger partial charge in [0.2, 0.25) is 5.91 Å². The molecule has 0 radical (unpaired) electrons. The summed E-state index contributed by atoms with van der Waals surface area (Å²) in [6, 6.07) is 6.81. The molecular formula is C13H14N6O2. The van der Waals surface area contributed by atoms with Gasteiger partial charge in [-0.2, -0.15) is 5.26 Å². The first-order chi connectivity index (χ1) is 10.1. The lowest BCUT2D eigenvalue weighted by molar-refractivity contribution is -0.116. The molecule has 0 bridgehead atoms. The molecule has 108 valence electrons. The Labute approximate surface area is 121 Å². The molecule has 1 aromatic carbocycles. The quantitative estimate of drug-likeness (QED) is 0.783. The van der Waals surface area contributed by atoms with Gasteiger partial charge in [0.05, 0.1) is 19.3 Å². The Morgan fingerprint density at radius 2 is 2.38 bits per heavy atom. The van der Waals surface area contributed by atoms with Crippen LogP contribution >= 0.6 is 0 Å². The molecule has 1 heterocycles. The van der Waals surface area contributed by atoms with E-state index in [-0.39, 0.29) is 18.2 Å². The number of aryl methyl sites for hydroxylation is 1. The highest BCUT2D eigenvalue weighted by Gasteiger charge is 2.09. The van der Waals surface area contributed by atoms with Crippen molar-refractivity contribution < 1.29 is 9.53 Å². The molecule has 0 unspecified atom stereocenters. The molecule has 0 atom stereocenters. The highest BCUT2D eigenvalue weighted by molar-refractivity contribution is 5.92. The number of nitrogens with zero attached hydrogens (tertiary/aromatic N) is 4. The standard InChI is InChI=1S/C13H14N6O2/c1-21-11-6-9(15)2-3-10(11)17-13(20)4-5-19-8-16-12(7-14)18-19/h2-3,6,8H,4-5,15H2,1H3,(H,17,20). The maximum Gasteiger partial charge on any atom is 0.252 e. The maximum atomic E-state index is 11.9. The minimum absolute atomic E-state index is 0.0793. The summed E-state index contributed by atoms with van der Waals surface area (Å²) in [4.78, 5) is 15.6. The van der Waals surface area contributed by atoms with Crippen LogP contribution in [0.3, 0.4) is 0 Å². The third kappa shape index (κ3) is 3.70. The van der Waals surface area contributed by atoms with Gasteiger partial charge in [0.1, 0.15) is 18.1 Å². The lowest BCUT2D eigenvalue weighted by Crippen LogP contribution is -2.15. The molecule has 0 fully saturated rings. The number of nitriles is 1. The first-order valence-electron chi connectivity index (χ1n) is 6.15. The zero-order valence-electron chi connectivity index (χ0n) is 11.4. The van der Waals surface area contributed by atoms with Crippen LogP contribution in [0.4, 0.5) is 11.4 Å². The molecule has 21 heavy (non-hydrogen) atoms. The molecule has 8 heteroatoms. The second-order valence-corrected chi connectivity index (χ2v) is 4.20. The third-order valence-electron chi connectivity index (χ3n) is 2.70. The number of carbonyl (C=O) groups excluding carboxylic acids is 1. The largest absolute Gasteiger partial charge is 0.494 e. The maximum absolute atomic E-state index is 11.9. The minimum Gasteiger partial charge on any atom is -0.494 e. The number of rotatable bonds is 5. The van der Waals surface area contributed by atoms with Crippen molar-refractivity contribution in [3.63, 3.8) is 0 Å². The van der Waals surface area contributed by atoms with Gasteiger partial charge in [0.25, 0.3) is 5.82 Å². The molecule has 0 saturated carbocycles. The number of ether oxygens (including phenoxy) is 1. The summed E-state index contributed by atoms with van der Waals surface area (Å²) in [5.74, 6) is 0.374. The van der Waals surface area contributed by atoms with Crippen molar-refractivity contribution in [2.45, 2.75) is 13.0 Å². The Morgan fingerprint density at radius 1 is 1.57 bits per heavy atom. The minimum atomic E-state index is -0.202. The summed E-state index contributed by atoms with van der Waals surface area (Å²) in [5.41, 5.74) is 6.75. The number of anilines is 2. The Morgan fingerprint density at radius 3 is 3.05 bits per heavy atom. The first-order valence-corrected chi connectivity index (χ1v) is 6.15. The van der Waals surface area contributed by atoms with E-state index in [1.54, 1.807) is 18.2 Å². The molecule has 3 N–H and O–H groups in total. The van der Waals surface area contributed by atoms with Gasteiger partial charge in [-0.25, -0.2) is 4.98 Å². The second kappa shape index (κ2) is 6.38. The Hall–Kier alpha value is -3.08. The van der Waals surface area contributed by atoms with Crippen LogP contribution in [0.1, 0.15) is 12.2 Å². The van der Waals surface area contributed by atoms with Crippen LogP contribution in [0, 0.1) is 11.3 Å². The zero-order chi connectivity index (χ0) is 15.2. The van der Waals surface area contributed by atoms with E-state index in [2.05, 4.69) is 15.4 Å². The SMILES string of the molecule is COc1cc(N)ccc1NC(=O)CCn1cnc(C#N)n1. The van der Waals surface area contributed by atoms with E-state index in [4.69, 9.17) is 15.7 Å². The van der Waals surface area contributed by atoms with Gasteiger partial charge in [0, 0.05) is 18.2 Å². The van der Waals surface area contributed by atoms with Gasteiger partial charge in [0.15, 0.2) is 0 Å². The van der Waals surface area contributed by atoms with Crippen LogP contribution in [-0.4, -0.2) is 27.8 Å². The van der Waals surface area contributed by atoms with Crippen molar-refractivity contribution in [3.8, 4) is 11.8 Å². The lowest BCUT2D eigenvalue weighted by Gasteiger charge is -2.10. The van der Waals surface area contributed by atoms with Crippen LogP contribution in [0.5, 0.6) is 5.75 Å². The van der Waals surface area contributed by atoms with Crippen LogP contribution in [-0.2, 0) is 11.3 Å². The molecule has 2 aromatic rings. The summed E-state index contributed by atoms with van der Waals surface area (Å²) >= 11 is 0. The van der Waals surface area contributed by atoms with Gasteiger partial charge in [-0.1, -0.05) is 0 Å². The number of nitrogens with two attached hydrogens (primary N) is 1. The molecule has 0 aliphatic rings. The molecule has 0 spiro atoms. The van der Waals surface area contributed by atoms with Crippen LogP contribution in [0.15, 0.2) is 24.5 Å². The first kappa shape index (κ1) is 14.3. The number of aromatic nitrogens is 3. The topological polar surface area (TPSA) is 119 Å². The monoisotopic (exact) mass is 286 g/mol. The number of methoxy groups -OCH3 is 1. The number of hydrogen-bond acceptors (Lipinski definition) is 6. The molecule has 8 nitrogen and oxygen atoms in total. The average molecular weight is 286 g/mol. The fraction of sp³-hybridized carbons (Fsp3) is 0.231. The predicted octanol–water partition coefficient (Wildman–Crippen LogP) is 0.769. The van der Waals surface area contributed by atoms with Gasteiger partial charge in [-0.15, -0.1) is 5.10 Å². The van der Waals surface area contributed by atoms with Crippen molar-refractivity contribution >= 4 is 17.3 Å². The number of carbonyl (C=O) groups is 1. The third-order valence-corrected chi connectivity index (χ3v) is 2.70.